The average Bonchev–Trinajstić information content (AvgIpc) is 2.50. The lowest BCUT2D eigenvalue weighted by atomic mass is 9.90. The normalized spacial score (nSPS) is 14.6. The molecule has 19 heavy (non-hydrogen) atoms. The summed E-state index contributed by atoms with van der Waals surface area (Å²) in [5.74, 6) is 0.356. The summed E-state index contributed by atoms with van der Waals surface area (Å²) in [4.78, 5) is 11.3. The highest BCUT2D eigenvalue weighted by atomic mass is 16.1. The summed E-state index contributed by atoms with van der Waals surface area (Å²) in [5, 5.41) is 2.55. The number of rotatable bonds is 1. The maximum Gasteiger partial charge on any atom is 0.137 e. The first-order valence-electron chi connectivity index (χ1n) is 7.03. The van der Waals surface area contributed by atoms with Crippen molar-refractivity contribution in [3.63, 3.8) is 0 Å². The van der Waals surface area contributed by atoms with Crippen LogP contribution in [0.4, 0.5) is 0 Å². The smallest absolute Gasteiger partial charge is 0.137 e. The summed E-state index contributed by atoms with van der Waals surface area (Å²) in [7, 11) is 0. The second-order valence-electron chi connectivity index (χ2n) is 4.50. The van der Waals surface area contributed by atoms with Crippen LogP contribution in [0.3, 0.4) is 0 Å². The quantitative estimate of drug-likeness (QED) is 0.697. The maximum absolute atomic E-state index is 11.3. The van der Waals surface area contributed by atoms with E-state index in [0.717, 1.165) is 6.42 Å². The lowest BCUT2D eigenvalue weighted by Gasteiger charge is -2.14. The minimum absolute atomic E-state index is 0.356. The highest BCUT2D eigenvalue weighted by molar-refractivity contribution is 5.96. The third-order valence-electron chi connectivity index (χ3n) is 3.38. The van der Waals surface area contributed by atoms with Gasteiger partial charge in [-0.3, -0.25) is 4.79 Å². The lowest BCUT2D eigenvalue weighted by Crippen LogP contribution is -2.03. The van der Waals surface area contributed by atoms with Gasteiger partial charge < -0.3 is 0 Å². The van der Waals surface area contributed by atoms with Crippen molar-refractivity contribution in [2.24, 2.45) is 0 Å². The molecule has 0 radical (unpaired) electrons. The van der Waals surface area contributed by atoms with Crippen LogP contribution in [0.25, 0.3) is 16.3 Å². The van der Waals surface area contributed by atoms with E-state index in [-0.39, 0.29) is 0 Å². The molecular formula is C18H20O. The Morgan fingerprint density at radius 3 is 2.37 bits per heavy atom. The fourth-order valence-electron chi connectivity index (χ4n) is 2.47. The Morgan fingerprint density at radius 1 is 0.895 bits per heavy atom. The molecule has 0 bridgehead atoms. The van der Waals surface area contributed by atoms with Gasteiger partial charge in [0.2, 0.25) is 0 Å². The molecular weight excluding hydrogens is 232 g/mol. The molecule has 0 aliphatic heterocycles. The number of ketones is 1. The predicted octanol–water partition coefficient (Wildman–Crippen LogP) is 5.00. The van der Waals surface area contributed by atoms with Crippen molar-refractivity contribution in [1.29, 1.82) is 0 Å². The summed E-state index contributed by atoms with van der Waals surface area (Å²) >= 11 is 0. The zero-order chi connectivity index (χ0) is 13.7. The van der Waals surface area contributed by atoms with Crippen LogP contribution in [-0.4, -0.2) is 5.78 Å². The third kappa shape index (κ3) is 2.93. The van der Waals surface area contributed by atoms with Gasteiger partial charge >= 0.3 is 0 Å². The predicted molar refractivity (Wildman–Crippen MR) is 82.1 cm³/mol. The van der Waals surface area contributed by atoms with E-state index in [2.05, 4.69) is 48.5 Å². The first kappa shape index (κ1) is 13.5. The molecule has 1 heteroatoms. The lowest BCUT2D eigenvalue weighted by molar-refractivity contribution is -0.118. The van der Waals surface area contributed by atoms with E-state index in [9.17, 15) is 4.79 Å². The second-order valence-corrected chi connectivity index (χ2v) is 4.50. The number of carbonyl (C=O) groups is 1. The van der Waals surface area contributed by atoms with Crippen LogP contribution in [0.1, 0.15) is 38.7 Å². The van der Waals surface area contributed by atoms with Crippen molar-refractivity contribution in [2.45, 2.75) is 33.1 Å². The summed E-state index contributed by atoms with van der Waals surface area (Å²) < 4.78 is 0. The van der Waals surface area contributed by atoms with Crippen LogP contribution in [0.15, 0.2) is 48.5 Å². The van der Waals surface area contributed by atoms with Gasteiger partial charge in [0.25, 0.3) is 0 Å². The van der Waals surface area contributed by atoms with Crippen LogP contribution in [0, 0.1) is 0 Å². The van der Waals surface area contributed by atoms with Crippen LogP contribution in [0.5, 0.6) is 0 Å². The molecule has 0 saturated carbocycles. The average molecular weight is 252 g/mol. The molecule has 0 aromatic heterocycles. The van der Waals surface area contributed by atoms with Gasteiger partial charge in [-0.15, -0.1) is 0 Å². The van der Waals surface area contributed by atoms with E-state index in [1.165, 1.54) is 21.9 Å². The van der Waals surface area contributed by atoms with Gasteiger partial charge in [0.15, 0.2) is 0 Å². The monoisotopic (exact) mass is 252 g/mol. The molecule has 98 valence electrons. The summed E-state index contributed by atoms with van der Waals surface area (Å²) in [5.41, 5.74) is 2.61. The standard InChI is InChI=1S/C16H14O.C2H6/c17-14-10-8-13(9-11-14)16-7-3-5-12-4-1-2-6-15(12)16;1-2/h1-8H,9-11H2;1-2H3. The minimum atomic E-state index is 0.356. The Labute approximate surface area is 115 Å². The van der Waals surface area contributed by atoms with Gasteiger partial charge in [-0.05, 0) is 28.3 Å². The Balaban J connectivity index is 0.000000637. The Bertz CT molecular complexity index is 603. The first-order chi connectivity index (χ1) is 9.34. The number of allylic oxidation sites excluding steroid dienone is 2. The van der Waals surface area contributed by atoms with E-state index >= 15 is 0 Å². The summed E-state index contributed by atoms with van der Waals surface area (Å²) in [6.07, 6.45) is 4.26. The molecule has 0 heterocycles. The molecule has 1 nitrogen and oxygen atoms in total. The summed E-state index contributed by atoms with van der Waals surface area (Å²) in [6.45, 7) is 4.00. The maximum atomic E-state index is 11.3. The molecule has 0 amide bonds. The zero-order valence-electron chi connectivity index (χ0n) is 11.6. The number of carbonyl (C=O) groups excluding carboxylic acids is 1. The number of Topliss-reactive ketones (excluding diaryl/α,β-unsaturated/α-hetero) is 1. The van der Waals surface area contributed by atoms with Crippen LogP contribution >= 0.6 is 0 Å². The molecule has 0 N–H and O–H groups in total. The van der Waals surface area contributed by atoms with Crippen LogP contribution in [-0.2, 0) is 4.79 Å². The van der Waals surface area contributed by atoms with Crippen molar-refractivity contribution >= 4 is 22.1 Å². The van der Waals surface area contributed by atoms with Gasteiger partial charge in [-0.1, -0.05) is 62.4 Å². The van der Waals surface area contributed by atoms with Crippen molar-refractivity contribution < 1.29 is 4.79 Å². The van der Waals surface area contributed by atoms with Crippen molar-refractivity contribution in [1.82, 2.24) is 0 Å². The molecule has 2 aromatic rings. The van der Waals surface area contributed by atoms with Crippen LogP contribution in [0.2, 0.25) is 0 Å². The van der Waals surface area contributed by atoms with E-state index in [4.69, 9.17) is 0 Å². The van der Waals surface area contributed by atoms with E-state index in [1.807, 2.05) is 13.8 Å². The SMILES string of the molecule is CC.O=C1CC=C(c2cccc3ccccc23)CC1. The molecule has 1 aliphatic carbocycles. The number of benzene rings is 2. The topological polar surface area (TPSA) is 17.1 Å². The van der Waals surface area contributed by atoms with E-state index < -0.39 is 0 Å². The van der Waals surface area contributed by atoms with Crippen LogP contribution < -0.4 is 0 Å². The Hall–Kier alpha value is -1.89. The number of hydrogen-bond acceptors (Lipinski definition) is 1. The fourth-order valence-corrected chi connectivity index (χ4v) is 2.47. The van der Waals surface area contributed by atoms with Crippen molar-refractivity contribution in [3.8, 4) is 0 Å². The number of fused-ring (bicyclic) bond motifs is 1. The third-order valence-corrected chi connectivity index (χ3v) is 3.38. The Morgan fingerprint density at radius 2 is 1.63 bits per heavy atom. The minimum Gasteiger partial charge on any atom is -0.299 e. The second kappa shape index (κ2) is 6.33. The molecule has 3 rings (SSSR count). The highest BCUT2D eigenvalue weighted by Crippen LogP contribution is 2.30. The number of hydrogen-bond donors (Lipinski definition) is 0. The summed E-state index contributed by atoms with van der Waals surface area (Å²) in [6, 6.07) is 14.8. The largest absolute Gasteiger partial charge is 0.299 e. The van der Waals surface area contributed by atoms with Gasteiger partial charge in [0.1, 0.15) is 5.78 Å². The molecule has 0 saturated heterocycles. The van der Waals surface area contributed by atoms with Gasteiger partial charge in [0.05, 0.1) is 0 Å². The first-order valence-corrected chi connectivity index (χ1v) is 7.03. The molecule has 2 aromatic carbocycles. The molecule has 0 unspecified atom stereocenters. The van der Waals surface area contributed by atoms with Gasteiger partial charge in [0, 0.05) is 12.8 Å². The molecule has 0 fully saturated rings. The molecule has 1 aliphatic rings. The molecule has 0 spiro atoms. The van der Waals surface area contributed by atoms with Crippen molar-refractivity contribution in [3.05, 3.63) is 54.1 Å². The van der Waals surface area contributed by atoms with Gasteiger partial charge in [-0.2, -0.15) is 0 Å². The highest BCUT2D eigenvalue weighted by Gasteiger charge is 2.13. The van der Waals surface area contributed by atoms with E-state index in [1.54, 1.807) is 0 Å². The Kier molecular flexibility index (Phi) is 4.51. The zero-order valence-corrected chi connectivity index (χ0v) is 11.6. The van der Waals surface area contributed by atoms with Crippen molar-refractivity contribution in [2.75, 3.05) is 0 Å². The van der Waals surface area contributed by atoms with Gasteiger partial charge in [-0.25, -0.2) is 0 Å². The molecule has 0 atom stereocenters. The fraction of sp³-hybridized carbons (Fsp3) is 0.278. The van der Waals surface area contributed by atoms with E-state index in [0.29, 0.717) is 18.6 Å².